The summed E-state index contributed by atoms with van der Waals surface area (Å²) >= 11 is 0. The molecule has 2 unspecified atom stereocenters. The minimum atomic E-state index is -4.24. The average molecular weight is 226 g/mol. The van der Waals surface area contributed by atoms with Gasteiger partial charge in [0.15, 0.2) is 0 Å². The van der Waals surface area contributed by atoms with Crippen LogP contribution in [0, 0.1) is 5.92 Å². The summed E-state index contributed by atoms with van der Waals surface area (Å²) in [6, 6.07) is -0.957. The SMILES string of the molecule is CN(CC(F)(F)F)C(CO)C(N)C1CC1. The number of nitrogens with two attached hydrogens (primary N) is 1. The van der Waals surface area contributed by atoms with Crippen molar-refractivity contribution in [1.29, 1.82) is 0 Å². The molecule has 1 saturated carbocycles. The quantitative estimate of drug-likeness (QED) is 0.721. The lowest BCUT2D eigenvalue weighted by atomic mass is 10.0. The summed E-state index contributed by atoms with van der Waals surface area (Å²) in [6.45, 7) is -1.36. The Bertz CT molecular complexity index is 206. The molecule has 1 rings (SSSR count). The van der Waals surface area contributed by atoms with Crippen LogP contribution in [-0.4, -0.2) is 48.5 Å². The molecule has 1 aliphatic rings. The molecular weight excluding hydrogens is 209 g/mol. The highest BCUT2D eigenvalue weighted by Gasteiger charge is 2.38. The Balaban J connectivity index is 2.49. The Kier molecular flexibility index (Phi) is 3.97. The molecule has 0 heterocycles. The second-order valence-corrected chi connectivity index (χ2v) is 4.19. The van der Waals surface area contributed by atoms with E-state index in [1.807, 2.05) is 0 Å². The summed E-state index contributed by atoms with van der Waals surface area (Å²) in [6.07, 6.45) is -2.33. The lowest BCUT2D eigenvalue weighted by molar-refractivity contribution is -0.150. The van der Waals surface area contributed by atoms with Crippen molar-refractivity contribution < 1.29 is 18.3 Å². The van der Waals surface area contributed by atoms with E-state index in [-0.39, 0.29) is 18.6 Å². The van der Waals surface area contributed by atoms with Gasteiger partial charge in [0.2, 0.25) is 0 Å². The fourth-order valence-electron chi connectivity index (χ4n) is 1.75. The molecular formula is C9H17F3N2O. The molecule has 90 valence electrons. The molecule has 0 aromatic rings. The van der Waals surface area contributed by atoms with Gasteiger partial charge in [0.1, 0.15) is 0 Å². The first-order valence-corrected chi connectivity index (χ1v) is 4.98. The van der Waals surface area contributed by atoms with Gasteiger partial charge in [0.05, 0.1) is 13.2 Å². The molecule has 3 nitrogen and oxygen atoms in total. The van der Waals surface area contributed by atoms with Crippen LogP contribution in [-0.2, 0) is 0 Å². The monoisotopic (exact) mass is 226 g/mol. The number of likely N-dealkylation sites (N-methyl/N-ethyl adjacent to an activating group) is 1. The van der Waals surface area contributed by atoms with Crippen molar-refractivity contribution >= 4 is 0 Å². The van der Waals surface area contributed by atoms with Gasteiger partial charge in [-0.05, 0) is 25.8 Å². The topological polar surface area (TPSA) is 49.5 Å². The van der Waals surface area contributed by atoms with Crippen molar-refractivity contribution in [2.45, 2.75) is 31.1 Å². The first-order chi connectivity index (χ1) is 6.85. The third kappa shape index (κ3) is 3.96. The molecule has 0 aliphatic heterocycles. The predicted molar refractivity (Wildman–Crippen MR) is 50.3 cm³/mol. The van der Waals surface area contributed by atoms with E-state index in [4.69, 9.17) is 10.8 Å². The van der Waals surface area contributed by atoms with Crippen molar-refractivity contribution in [3.63, 3.8) is 0 Å². The van der Waals surface area contributed by atoms with Gasteiger partial charge in [-0.3, -0.25) is 4.90 Å². The summed E-state index contributed by atoms with van der Waals surface area (Å²) < 4.78 is 36.4. The minimum absolute atomic E-state index is 0.276. The van der Waals surface area contributed by atoms with Gasteiger partial charge in [-0.2, -0.15) is 13.2 Å². The Hall–Kier alpha value is -0.330. The molecule has 3 N–H and O–H groups in total. The minimum Gasteiger partial charge on any atom is -0.395 e. The van der Waals surface area contributed by atoms with E-state index < -0.39 is 18.8 Å². The van der Waals surface area contributed by atoms with Crippen LogP contribution in [0.3, 0.4) is 0 Å². The summed E-state index contributed by atoms with van der Waals surface area (Å²) in [5, 5.41) is 9.05. The molecule has 1 fully saturated rings. The van der Waals surface area contributed by atoms with Crippen molar-refractivity contribution in [3.8, 4) is 0 Å². The Morgan fingerprint density at radius 1 is 1.47 bits per heavy atom. The van der Waals surface area contributed by atoms with Gasteiger partial charge < -0.3 is 10.8 Å². The number of halogens is 3. The number of hydrogen-bond donors (Lipinski definition) is 2. The van der Waals surface area contributed by atoms with E-state index in [1.54, 1.807) is 0 Å². The molecule has 0 saturated heterocycles. The van der Waals surface area contributed by atoms with E-state index in [1.165, 1.54) is 7.05 Å². The molecule has 0 aromatic carbocycles. The summed E-state index contributed by atoms with van der Waals surface area (Å²) in [4.78, 5) is 1.09. The van der Waals surface area contributed by atoms with Crippen molar-refractivity contribution in [2.24, 2.45) is 11.7 Å². The lowest BCUT2D eigenvalue weighted by Gasteiger charge is -2.31. The van der Waals surface area contributed by atoms with Gasteiger partial charge in [-0.25, -0.2) is 0 Å². The van der Waals surface area contributed by atoms with E-state index in [9.17, 15) is 13.2 Å². The van der Waals surface area contributed by atoms with Crippen LogP contribution >= 0.6 is 0 Å². The second-order valence-electron chi connectivity index (χ2n) is 4.19. The number of rotatable bonds is 5. The van der Waals surface area contributed by atoms with Gasteiger partial charge in [-0.15, -0.1) is 0 Å². The second kappa shape index (κ2) is 4.67. The first-order valence-electron chi connectivity index (χ1n) is 4.98. The third-order valence-electron chi connectivity index (χ3n) is 2.79. The number of aliphatic hydroxyl groups is 1. The highest BCUT2D eigenvalue weighted by Crippen LogP contribution is 2.34. The molecule has 6 heteroatoms. The van der Waals surface area contributed by atoms with Gasteiger partial charge >= 0.3 is 6.18 Å². The molecule has 0 bridgehead atoms. The lowest BCUT2D eigenvalue weighted by Crippen LogP contribution is -2.52. The molecule has 15 heavy (non-hydrogen) atoms. The molecule has 0 spiro atoms. The maximum Gasteiger partial charge on any atom is 0.401 e. The fourth-order valence-corrected chi connectivity index (χ4v) is 1.75. The zero-order valence-electron chi connectivity index (χ0n) is 8.67. The molecule has 0 aromatic heterocycles. The maximum absolute atomic E-state index is 12.1. The third-order valence-corrected chi connectivity index (χ3v) is 2.79. The van der Waals surface area contributed by atoms with Crippen LogP contribution in [0.5, 0.6) is 0 Å². The number of aliphatic hydroxyl groups excluding tert-OH is 1. The first kappa shape index (κ1) is 12.7. The van der Waals surface area contributed by atoms with Crippen LogP contribution in [0.25, 0.3) is 0 Å². The van der Waals surface area contributed by atoms with Crippen LogP contribution < -0.4 is 5.73 Å². The largest absolute Gasteiger partial charge is 0.401 e. The molecule has 0 amide bonds. The van der Waals surface area contributed by atoms with Crippen LogP contribution in [0.4, 0.5) is 13.2 Å². The number of hydrogen-bond acceptors (Lipinski definition) is 3. The van der Waals surface area contributed by atoms with E-state index in [0.29, 0.717) is 0 Å². The van der Waals surface area contributed by atoms with Gasteiger partial charge in [-0.1, -0.05) is 0 Å². The standard InChI is InChI=1S/C9H17F3N2O/c1-14(5-9(10,11)12)7(4-15)8(13)6-2-3-6/h6-8,15H,2-5,13H2,1H3. The van der Waals surface area contributed by atoms with E-state index >= 15 is 0 Å². The summed E-state index contributed by atoms with van der Waals surface area (Å²) in [7, 11) is 1.34. The number of alkyl halides is 3. The fraction of sp³-hybridized carbons (Fsp3) is 1.00. The van der Waals surface area contributed by atoms with Crippen molar-refractivity contribution in [3.05, 3.63) is 0 Å². The van der Waals surface area contributed by atoms with Gasteiger partial charge in [0.25, 0.3) is 0 Å². The molecule has 2 atom stereocenters. The highest BCUT2D eigenvalue weighted by molar-refractivity contribution is 4.92. The zero-order chi connectivity index (χ0) is 11.6. The van der Waals surface area contributed by atoms with Crippen molar-refractivity contribution in [2.75, 3.05) is 20.2 Å². The van der Waals surface area contributed by atoms with Gasteiger partial charge in [0, 0.05) is 12.1 Å². The zero-order valence-corrected chi connectivity index (χ0v) is 8.67. The highest BCUT2D eigenvalue weighted by atomic mass is 19.4. The van der Waals surface area contributed by atoms with Crippen molar-refractivity contribution in [1.82, 2.24) is 4.90 Å². The Labute approximate surface area is 87.0 Å². The van der Waals surface area contributed by atoms with E-state index in [2.05, 4.69) is 0 Å². The molecule has 0 radical (unpaired) electrons. The smallest absolute Gasteiger partial charge is 0.395 e. The van der Waals surface area contributed by atoms with Crippen LogP contribution in [0.2, 0.25) is 0 Å². The normalized spacial score (nSPS) is 21.8. The molecule has 1 aliphatic carbocycles. The number of nitrogens with zero attached hydrogens (tertiary/aromatic N) is 1. The van der Waals surface area contributed by atoms with Crippen LogP contribution in [0.1, 0.15) is 12.8 Å². The average Bonchev–Trinajstić information content (AvgIpc) is 2.83. The predicted octanol–water partition coefficient (Wildman–Crippen LogP) is 0.579. The summed E-state index contributed by atoms with van der Waals surface area (Å²) in [5.41, 5.74) is 5.78. The Morgan fingerprint density at radius 2 is 2.00 bits per heavy atom. The van der Waals surface area contributed by atoms with E-state index in [0.717, 1.165) is 17.7 Å². The van der Waals surface area contributed by atoms with Crippen LogP contribution in [0.15, 0.2) is 0 Å². The summed E-state index contributed by atoms with van der Waals surface area (Å²) in [5.74, 6) is 0.276. The Morgan fingerprint density at radius 3 is 2.33 bits per heavy atom. The maximum atomic E-state index is 12.1.